The second kappa shape index (κ2) is 10.0. The quantitative estimate of drug-likeness (QED) is 0.618. The molecule has 1 aliphatic rings. The van der Waals surface area contributed by atoms with Crippen molar-refractivity contribution in [2.45, 2.75) is 31.8 Å². The summed E-state index contributed by atoms with van der Waals surface area (Å²) in [4.78, 5) is 12.6. The summed E-state index contributed by atoms with van der Waals surface area (Å²) in [5, 5.41) is 6.97. The van der Waals surface area contributed by atoms with Gasteiger partial charge in [-0.15, -0.1) is 24.8 Å². The topological polar surface area (TPSA) is 67.2 Å². The van der Waals surface area contributed by atoms with E-state index in [1.54, 1.807) is 6.07 Å². The van der Waals surface area contributed by atoms with Gasteiger partial charge >= 0.3 is 0 Å². The zero-order chi connectivity index (χ0) is 17.1. The van der Waals surface area contributed by atoms with Crippen LogP contribution in [0.15, 0.2) is 48.5 Å². The summed E-state index contributed by atoms with van der Waals surface area (Å²) < 4.78 is 0. The Morgan fingerprint density at radius 2 is 1.77 bits per heavy atom. The molecule has 142 valence electrons. The molecule has 0 heterocycles. The Morgan fingerprint density at radius 1 is 1.12 bits per heavy atom. The number of nitrogens with two attached hydrogens (primary N) is 1. The van der Waals surface area contributed by atoms with Crippen molar-refractivity contribution in [3.63, 3.8) is 0 Å². The lowest BCUT2D eigenvalue weighted by atomic mass is 9.94. The van der Waals surface area contributed by atoms with Crippen molar-refractivity contribution in [1.29, 1.82) is 0 Å². The molecule has 7 heteroatoms. The Balaban J connectivity index is 0.00000169. The maximum absolute atomic E-state index is 12.6. The van der Waals surface area contributed by atoms with Crippen LogP contribution in [0.3, 0.4) is 0 Å². The van der Waals surface area contributed by atoms with E-state index in [1.807, 2.05) is 49.4 Å². The van der Waals surface area contributed by atoms with Crippen LogP contribution in [0.1, 0.15) is 31.4 Å². The third-order valence-electron chi connectivity index (χ3n) is 4.31. The highest BCUT2D eigenvalue weighted by Crippen LogP contribution is 2.32. The molecule has 2 aromatic carbocycles. The monoisotopic (exact) mass is 415 g/mol. The number of benzene rings is 2. The molecule has 3 rings (SSSR count). The first-order chi connectivity index (χ1) is 11.5. The average Bonchev–Trinajstić information content (AvgIpc) is 3.41. The van der Waals surface area contributed by atoms with Crippen LogP contribution in [0, 0.1) is 5.92 Å². The van der Waals surface area contributed by atoms with E-state index in [1.165, 1.54) is 0 Å². The molecule has 2 atom stereocenters. The molecule has 4 nitrogen and oxygen atoms in total. The molecule has 2 aromatic rings. The van der Waals surface area contributed by atoms with Gasteiger partial charge in [0.15, 0.2) is 0 Å². The van der Waals surface area contributed by atoms with Crippen molar-refractivity contribution < 1.29 is 4.79 Å². The predicted molar refractivity (Wildman–Crippen MR) is 114 cm³/mol. The standard InChI is InChI=1S/C19H22ClN3O.2ClH/c1-12(18(21)13-5-3-2-4-6-13)19(24)23-17-11-14(20)7-10-16(17)22-15-8-9-15;;/h2-7,10-12,15,18,22H,8-9,21H2,1H3,(H,23,24);2*1H. The normalized spacial score (nSPS) is 15.0. The molecular weight excluding hydrogens is 393 g/mol. The van der Waals surface area contributed by atoms with E-state index in [0.717, 1.165) is 24.1 Å². The van der Waals surface area contributed by atoms with Crippen molar-refractivity contribution in [3.05, 3.63) is 59.1 Å². The Labute approximate surface area is 171 Å². The van der Waals surface area contributed by atoms with Gasteiger partial charge in [0.25, 0.3) is 0 Å². The Kier molecular flexibility index (Phi) is 8.71. The van der Waals surface area contributed by atoms with Crippen molar-refractivity contribution in [2.24, 2.45) is 11.7 Å². The molecule has 0 aromatic heterocycles. The summed E-state index contributed by atoms with van der Waals surface area (Å²) in [5.74, 6) is -0.479. The Hall–Kier alpha value is -1.46. The SMILES string of the molecule is CC(C(=O)Nc1cc(Cl)ccc1NC1CC1)C(N)c1ccccc1.Cl.Cl. The van der Waals surface area contributed by atoms with E-state index in [9.17, 15) is 4.79 Å². The summed E-state index contributed by atoms with van der Waals surface area (Å²) in [5.41, 5.74) is 8.80. The van der Waals surface area contributed by atoms with Crippen molar-refractivity contribution in [1.82, 2.24) is 0 Å². The van der Waals surface area contributed by atoms with Gasteiger partial charge in [0.05, 0.1) is 17.3 Å². The number of hydrogen-bond acceptors (Lipinski definition) is 3. The summed E-state index contributed by atoms with van der Waals surface area (Å²) in [7, 11) is 0. The van der Waals surface area contributed by atoms with Crippen molar-refractivity contribution >= 4 is 53.7 Å². The third-order valence-corrected chi connectivity index (χ3v) is 4.55. The molecule has 0 radical (unpaired) electrons. The van der Waals surface area contributed by atoms with E-state index < -0.39 is 0 Å². The van der Waals surface area contributed by atoms with Gasteiger partial charge in [-0.25, -0.2) is 0 Å². The third kappa shape index (κ3) is 5.78. The van der Waals surface area contributed by atoms with Gasteiger partial charge in [0.1, 0.15) is 0 Å². The first-order valence-electron chi connectivity index (χ1n) is 8.22. The zero-order valence-corrected chi connectivity index (χ0v) is 16.8. The Bertz CT molecular complexity index is 723. The molecule has 0 spiro atoms. The number of hydrogen-bond donors (Lipinski definition) is 3. The van der Waals surface area contributed by atoms with Crippen LogP contribution in [-0.4, -0.2) is 11.9 Å². The van der Waals surface area contributed by atoms with Gasteiger partial charge in [-0.2, -0.15) is 0 Å². The van der Waals surface area contributed by atoms with E-state index in [4.69, 9.17) is 17.3 Å². The van der Waals surface area contributed by atoms with Crippen LogP contribution in [0.4, 0.5) is 11.4 Å². The molecular formula is C19H24Cl3N3O. The van der Waals surface area contributed by atoms with Crippen LogP contribution < -0.4 is 16.4 Å². The molecule has 26 heavy (non-hydrogen) atoms. The molecule has 1 fully saturated rings. The lowest BCUT2D eigenvalue weighted by molar-refractivity contribution is -0.120. The molecule has 1 amide bonds. The fourth-order valence-electron chi connectivity index (χ4n) is 2.57. The minimum absolute atomic E-state index is 0. The van der Waals surface area contributed by atoms with Crippen LogP contribution in [0.25, 0.3) is 0 Å². The highest BCUT2D eigenvalue weighted by Gasteiger charge is 2.25. The molecule has 1 aliphatic carbocycles. The molecule has 4 N–H and O–H groups in total. The van der Waals surface area contributed by atoms with E-state index in [0.29, 0.717) is 16.8 Å². The number of amides is 1. The largest absolute Gasteiger partial charge is 0.381 e. The Morgan fingerprint density at radius 3 is 2.38 bits per heavy atom. The van der Waals surface area contributed by atoms with Crippen LogP contribution in [0.2, 0.25) is 5.02 Å². The van der Waals surface area contributed by atoms with Crippen molar-refractivity contribution in [2.75, 3.05) is 10.6 Å². The van der Waals surface area contributed by atoms with Gasteiger partial charge in [0.2, 0.25) is 5.91 Å². The highest BCUT2D eigenvalue weighted by molar-refractivity contribution is 6.31. The number of rotatable bonds is 6. The number of anilines is 2. The van der Waals surface area contributed by atoms with Crippen LogP contribution >= 0.6 is 36.4 Å². The average molecular weight is 417 g/mol. The van der Waals surface area contributed by atoms with E-state index >= 15 is 0 Å². The summed E-state index contributed by atoms with van der Waals surface area (Å²) in [6, 6.07) is 15.3. The summed E-state index contributed by atoms with van der Waals surface area (Å²) in [6.45, 7) is 1.84. The number of halogens is 3. The van der Waals surface area contributed by atoms with Crippen LogP contribution in [0.5, 0.6) is 0 Å². The maximum atomic E-state index is 12.6. The molecule has 0 aliphatic heterocycles. The molecule has 2 unspecified atom stereocenters. The van der Waals surface area contributed by atoms with E-state index in [2.05, 4.69) is 10.6 Å². The zero-order valence-electron chi connectivity index (χ0n) is 14.4. The summed E-state index contributed by atoms with van der Waals surface area (Å²) in [6.07, 6.45) is 2.32. The van der Waals surface area contributed by atoms with Gasteiger partial charge in [0, 0.05) is 17.1 Å². The first kappa shape index (κ1) is 22.6. The summed E-state index contributed by atoms with van der Waals surface area (Å²) >= 11 is 6.09. The smallest absolute Gasteiger partial charge is 0.229 e. The van der Waals surface area contributed by atoms with Gasteiger partial charge < -0.3 is 16.4 Å². The molecule has 0 saturated heterocycles. The number of nitrogens with one attached hydrogen (secondary N) is 2. The van der Waals surface area contributed by atoms with E-state index in [-0.39, 0.29) is 42.7 Å². The lowest BCUT2D eigenvalue weighted by Gasteiger charge is -2.21. The number of carbonyl (C=O) groups excluding carboxylic acids is 1. The molecule has 0 bridgehead atoms. The number of carbonyl (C=O) groups is 1. The minimum atomic E-state index is -0.361. The maximum Gasteiger partial charge on any atom is 0.229 e. The molecule has 1 saturated carbocycles. The van der Waals surface area contributed by atoms with Gasteiger partial charge in [-0.3, -0.25) is 4.79 Å². The highest BCUT2D eigenvalue weighted by atomic mass is 35.5. The second-order valence-electron chi connectivity index (χ2n) is 6.32. The van der Waals surface area contributed by atoms with Crippen molar-refractivity contribution in [3.8, 4) is 0 Å². The predicted octanol–water partition coefficient (Wildman–Crippen LogP) is 5.03. The first-order valence-corrected chi connectivity index (χ1v) is 8.60. The second-order valence-corrected chi connectivity index (χ2v) is 6.76. The van der Waals surface area contributed by atoms with Crippen LogP contribution in [-0.2, 0) is 4.79 Å². The minimum Gasteiger partial charge on any atom is -0.381 e. The lowest BCUT2D eigenvalue weighted by Crippen LogP contribution is -2.30. The fourth-order valence-corrected chi connectivity index (χ4v) is 2.74. The van der Waals surface area contributed by atoms with Gasteiger partial charge in [-0.05, 0) is 36.6 Å². The van der Waals surface area contributed by atoms with Gasteiger partial charge in [-0.1, -0.05) is 48.9 Å². The fraction of sp³-hybridized carbons (Fsp3) is 0.316.